The lowest BCUT2D eigenvalue weighted by Gasteiger charge is -2.30. The summed E-state index contributed by atoms with van der Waals surface area (Å²) in [5.41, 5.74) is -1.18. The van der Waals surface area contributed by atoms with Crippen LogP contribution in [0.2, 0.25) is 0 Å². The zero-order chi connectivity index (χ0) is 21.1. The van der Waals surface area contributed by atoms with Gasteiger partial charge in [-0.15, -0.1) is 0 Å². The highest BCUT2D eigenvalue weighted by molar-refractivity contribution is 7.89. The van der Waals surface area contributed by atoms with Crippen molar-refractivity contribution in [1.82, 2.24) is 14.1 Å². The minimum atomic E-state index is -4.75. The summed E-state index contributed by atoms with van der Waals surface area (Å²) in [6.45, 7) is 4.14. The summed E-state index contributed by atoms with van der Waals surface area (Å²) >= 11 is 0. The molecule has 0 amide bonds. The Bertz CT molecular complexity index is 769. The highest BCUT2D eigenvalue weighted by Gasteiger charge is 2.36. The van der Waals surface area contributed by atoms with Crippen LogP contribution in [0.5, 0.6) is 0 Å². The van der Waals surface area contributed by atoms with E-state index in [9.17, 15) is 26.0 Å². The number of nitrogens with zero attached hydrogens (tertiary/aromatic N) is 3. The highest BCUT2D eigenvalue weighted by atomic mass is 32.2. The first kappa shape index (κ1) is 23.1. The molecule has 1 aliphatic heterocycles. The highest BCUT2D eigenvalue weighted by Crippen LogP contribution is 2.32. The van der Waals surface area contributed by atoms with Gasteiger partial charge in [0, 0.05) is 25.7 Å². The molecule has 5 nitrogen and oxygen atoms in total. The Morgan fingerprint density at radius 1 is 1.21 bits per heavy atom. The van der Waals surface area contributed by atoms with Gasteiger partial charge in [-0.05, 0) is 58.2 Å². The van der Waals surface area contributed by atoms with Crippen LogP contribution >= 0.6 is 0 Å². The average molecular weight is 425 g/mol. The molecule has 10 heteroatoms. The molecular weight excluding hydrogens is 398 g/mol. The first-order valence-electron chi connectivity index (χ1n) is 9.22. The fraction of sp³-hybridized carbons (Fsp3) is 0.667. The van der Waals surface area contributed by atoms with Crippen molar-refractivity contribution in [3.8, 4) is 0 Å². The maximum Gasteiger partial charge on any atom is 0.416 e. The molecular formula is C18H27F4N3O2S. The first-order valence-corrected chi connectivity index (χ1v) is 10.7. The SMILES string of the molecule is CCN1CCCC1CN(CCN(C)C)S(=O)(=O)c1cc(C(F)(F)F)ccc1F. The van der Waals surface area contributed by atoms with E-state index >= 15 is 0 Å². The number of rotatable bonds is 8. The molecule has 2 rings (SSSR count). The van der Waals surface area contributed by atoms with Gasteiger partial charge < -0.3 is 4.90 Å². The monoisotopic (exact) mass is 425 g/mol. The van der Waals surface area contributed by atoms with E-state index < -0.39 is 32.5 Å². The van der Waals surface area contributed by atoms with E-state index in [0.717, 1.165) is 30.2 Å². The number of alkyl halides is 3. The molecule has 1 saturated heterocycles. The lowest BCUT2D eigenvalue weighted by Crippen LogP contribution is -2.45. The van der Waals surface area contributed by atoms with Crippen LogP contribution in [0.15, 0.2) is 23.1 Å². The van der Waals surface area contributed by atoms with Crippen molar-refractivity contribution >= 4 is 10.0 Å². The first-order chi connectivity index (χ1) is 13.0. The van der Waals surface area contributed by atoms with Gasteiger partial charge in [-0.1, -0.05) is 6.92 Å². The van der Waals surface area contributed by atoms with Crippen LogP contribution in [-0.2, 0) is 16.2 Å². The second-order valence-electron chi connectivity index (χ2n) is 7.23. The number of hydrogen-bond acceptors (Lipinski definition) is 4. The summed E-state index contributed by atoms with van der Waals surface area (Å²) in [7, 11) is -0.889. The molecule has 1 aliphatic rings. The molecule has 0 radical (unpaired) electrons. The van der Waals surface area contributed by atoms with Gasteiger partial charge in [0.05, 0.1) is 5.56 Å². The molecule has 28 heavy (non-hydrogen) atoms. The zero-order valence-corrected chi connectivity index (χ0v) is 17.2. The van der Waals surface area contributed by atoms with Crippen molar-refractivity contribution in [3.05, 3.63) is 29.6 Å². The quantitative estimate of drug-likeness (QED) is 0.601. The second kappa shape index (κ2) is 9.06. The van der Waals surface area contributed by atoms with Crippen LogP contribution in [0, 0.1) is 5.82 Å². The number of halogens is 4. The van der Waals surface area contributed by atoms with Gasteiger partial charge in [0.15, 0.2) is 0 Å². The molecule has 0 N–H and O–H groups in total. The van der Waals surface area contributed by atoms with Crippen LogP contribution in [0.4, 0.5) is 17.6 Å². The van der Waals surface area contributed by atoms with Crippen molar-refractivity contribution in [2.24, 2.45) is 0 Å². The molecule has 0 saturated carbocycles. The van der Waals surface area contributed by atoms with Gasteiger partial charge in [0.2, 0.25) is 10.0 Å². The van der Waals surface area contributed by atoms with Gasteiger partial charge in [0.1, 0.15) is 10.7 Å². The van der Waals surface area contributed by atoms with E-state index in [1.54, 1.807) is 19.0 Å². The Labute approximate surface area is 164 Å². The molecule has 1 atom stereocenters. The minimum absolute atomic E-state index is 0.0317. The number of likely N-dealkylation sites (N-methyl/N-ethyl adjacent to an activating group) is 2. The maximum absolute atomic E-state index is 14.3. The van der Waals surface area contributed by atoms with Crippen molar-refractivity contribution in [1.29, 1.82) is 0 Å². The van der Waals surface area contributed by atoms with E-state index in [0.29, 0.717) is 24.7 Å². The third-order valence-electron chi connectivity index (χ3n) is 4.99. The van der Waals surface area contributed by atoms with Gasteiger partial charge in [0.25, 0.3) is 0 Å². The average Bonchev–Trinajstić information content (AvgIpc) is 3.04. The molecule has 1 aromatic rings. The van der Waals surface area contributed by atoms with E-state index in [-0.39, 0.29) is 19.1 Å². The number of benzene rings is 1. The van der Waals surface area contributed by atoms with E-state index in [1.165, 1.54) is 0 Å². The Morgan fingerprint density at radius 2 is 1.89 bits per heavy atom. The molecule has 0 aromatic heterocycles. The number of sulfonamides is 1. The van der Waals surface area contributed by atoms with Gasteiger partial charge in [-0.25, -0.2) is 12.8 Å². The van der Waals surface area contributed by atoms with Crippen molar-refractivity contribution in [2.75, 3.05) is 46.8 Å². The smallest absolute Gasteiger partial charge is 0.308 e. The van der Waals surface area contributed by atoms with Crippen molar-refractivity contribution in [3.63, 3.8) is 0 Å². The fourth-order valence-electron chi connectivity index (χ4n) is 3.39. The largest absolute Gasteiger partial charge is 0.416 e. The Balaban J connectivity index is 2.40. The van der Waals surface area contributed by atoms with Gasteiger partial charge in [-0.2, -0.15) is 17.5 Å². The van der Waals surface area contributed by atoms with Crippen LogP contribution in [0.25, 0.3) is 0 Å². The third-order valence-corrected chi connectivity index (χ3v) is 6.87. The molecule has 0 aliphatic carbocycles. The molecule has 0 bridgehead atoms. The third kappa shape index (κ3) is 5.43. The van der Waals surface area contributed by atoms with Crippen LogP contribution < -0.4 is 0 Å². The van der Waals surface area contributed by atoms with Crippen molar-refractivity contribution < 1.29 is 26.0 Å². The lowest BCUT2D eigenvalue weighted by atomic mass is 10.2. The topological polar surface area (TPSA) is 43.9 Å². The van der Waals surface area contributed by atoms with Gasteiger partial charge in [-0.3, -0.25) is 4.90 Å². The molecule has 1 fully saturated rings. The molecule has 160 valence electrons. The standard InChI is InChI=1S/C18H27F4N3O2S/c1-4-24-9-5-6-15(24)13-25(11-10-23(2)3)28(26,27)17-12-14(18(20,21)22)7-8-16(17)19/h7-8,12,15H,4-6,9-11,13H2,1-3H3. The molecule has 1 unspecified atom stereocenters. The summed E-state index contributed by atoms with van der Waals surface area (Å²) in [6.07, 6.45) is -3.03. The fourth-order valence-corrected chi connectivity index (χ4v) is 4.95. The molecule has 1 heterocycles. The van der Waals surface area contributed by atoms with Crippen LogP contribution in [-0.4, -0.2) is 75.4 Å². The van der Waals surface area contributed by atoms with Gasteiger partial charge >= 0.3 is 6.18 Å². The summed E-state index contributed by atoms with van der Waals surface area (Å²) in [6, 6.07) is 1.47. The summed E-state index contributed by atoms with van der Waals surface area (Å²) < 4.78 is 80.7. The zero-order valence-electron chi connectivity index (χ0n) is 16.3. The minimum Gasteiger partial charge on any atom is -0.308 e. The van der Waals surface area contributed by atoms with E-state index in [1.807, 2.05) is 6.92 Å². The Hall–Kier alpha value is -1.23. The summed E-state index contributed by atoms with van der Waals surface area (Å²) in [5.74, 6) is -1.18. The van der Waals surface area contributed by atoms with Crippen LogP contribution in [0.3, 0.4) is 0 Å². The Kier molecular flexibility index (Phi) is 7.46. The predicted molar refractivity (Wildman–Crippen MR) is 99.0 cm³/mol. The Morgan fingerprint density at radius 3 is 2.46 bits per heavy atom. The maximum atomic E-state index is 14.3. The predicted octanol–water partition coefficient (Wildman–Crippen LogP) is 2.88. The van der Waals surface area contributed by atoms with E-state index in [2.05, 4.69) is 4.90 Å². The normalized spacial score (nSPS) is 19.1. The number of hydrogen-bond donors (Lipinski definition) is 0. The van der Waals surface area contributed by atoms with Crippen molar-refractivity contribution in [2.45, 2.75) is 36.9 Å². The second-order valence-corrected chi connectivity index (χ2v) is 9.14. The summed E-state index contributed by atoms with van der Waals surface area (Å²) in [4.78, 5) is 2.99. The van der Waals surface area contributed by atoms with Crippen LogP contribution in [0.1, 0.15) is 25.3 Å². The molecule has 1 aromatic carbocycles. The molecule has 0 spiro atoms. The number of likely N-dealkylation sites (tertiary alicyclic amines) is 1. The lowest BCUT2D eigenvalue weighted by molar-refractivity contribution is -0.137. The summed E-state index contributed by atoms with van der Waals surface area (Å²) in [5, 5.41) is 0. The van der Waals surface area contributed by atoms with E-state index in [4.69, 9.17) is 0 Å².